The first kappa shape index (κ1) is 11.3. The van der Waals surface area contributed by atoms with E-state index in [2.05, 4.69) is 18.0 Å². The average Bonchev–Trinajstić information content (AvgIpc) is 2.29. The van der Waals surface area contributed by atoms with Gasteiger partial charge >= 0.3 is 0 Å². The fraction of sp³-hybridized carbons (Fsp3) is 0.538. The molecule has 0 aromatic heterocycles. The summed E-state index contributed by atoms with van der Waals surface area (Å²) in [6, 6.07) is 6.15. The molecule has 0 unspecified atom stereocenters. The van der Waals surface area contributed by atoms with E-state index in [4.69, 9.17) is 4.74 Å². The molecule has 0 saturated carbocycles. The molecule has 1 aliphatic rings. The zero-order valence-corrected chi connectivity index (χ0v) is 10.2. The number of likely N-dealkylation sites (N-methyl/N-ethyl adjacent to an activating group) is 1. The summed E-state index contributed by atoms with van der Waals surface area (Å²) < 4.78 is 5.59. The Balaban J connectivity index is 2.41. The molecule has 2 rings (SSSR count). The summed E-state index contributed by atoms with van der Waals surface area (Å²) >= 11 is 0. The zero-order chi connectivity index (χ0) is 11.8. The highest BCUT2D eigenvalue weighted by molar-refractivity contribution is 5.61. The van der Waals surface area contributed by atoms with Crippen molar-refractivity contribution in [3.63, 3.8) is 0 Å². The Hall–Kier alpha value is -1.22. The zero-order valence-electron chi connectivity index (χ0n) is 10.2. The van der Waals surface area contributed by atoms with Crippen molar-refractivity contribution in [2.45, 2.75) is 19.3 Å². The number of aliphatic hydroxyl groups is 1. The topological polar surface area (TPSA) is 32.7 Å². The van der Waals surface area contributed by atoms with Gasteiger partial charge in [-0.1, -0.05) is 19.9 Å². The van der Waals surface area contributed by atoms with Crippen LogP contribution in [0, 0.1) is 0 Å². The molecular weight excluding hydrogens is 202 g/mol. The summed E-state index contributed by atoms with van der Waals surface area (Å²) in [5.74, 6) is 0.936. The number of ether oxygens (including phenoxy) is 1. The molecule has 88 valence electrons. The third-order valence-corrected chi connectivity index (χ3v) is 3.23. The molecular formula is C13H19NO2. The van der Waals surface area contributed by atoms with Crippen molar-refractivity contribution in [3.8, 4) is 5.75 Å². The molecule has 0 spiro atoms. The van der Waals surface area contributed by atoms with Crippen molar-refractivity contribution in [1.29, 1.82) is 0 Å². The molecule has 3 heteroatoms. The Morgan fingerprint density at radius 2 is 2.19 bits per heavy atom. The Bertz CT molecular complexity index is 388. The average molecular weight is 221 g/mol. The second-order valence-electron chi connectivity index (χ2n) is 4.99. The Labute approximate surface area is 96.6 Å². The number of rotatable bonds is 2. The molecule has 1 aromatic carbocycles. The summed E-state index contributed by atoms with van der Waals surface area (Å²) in [6.45, 7) is 5.88. The van der Waals surface area contributed by atoms with Crippen LogP contribution in [0.4, 0.5) is 5.69 Å². The molecule has 0 amide bonds. The summed E-state index contributed by atoms with van der Waals surface area (Å²) in [5, 5.41) is 9.37. The maximum atomic E-state index is 9.37. The van der Waals surface area contributed by atoms with Crippen LogP contribution in [0.25, 0.3) is 0 Å². The van der Waals surface area contributed by atoms with Crippen LogP contribution in [0.1, 0.15) is 19.4 Å². The van der Waals surface area contributed by atoms with Crippen LogP contribution in [0.3, 0.4) is 0 Å². The van der Waals surface area contributed by atoms with Gasteiger partial charge in [-0.3, -0.25) is 0 Å². The number of hydrogen-bond acceptors (Lipinski definition) is 3. The lowest BCUT2D eigenvalue weighted by Crippen LogP contribution is -2.30. The molecule has 0 radical (unpaired) electrons. The predicted molar refractivity (Wildman–Crippen MR) is 65.3 cm³/mol. The van der Waals surface area contributed by atoms with Crippen LogP contribution < -0.4 is 9.64 Å². The number of nitrogens with zero attached hydrogens (tertiary/aromatic N) is 1. The monoisotopic (exact) mass is 221 g/mol. The van der Waals surface area contributed by atoms with E-state index in [0.717, 1.165) is 30.2 Å². The minimum atomic E-state index is -0.201. The van der Waals surface area contributed by atoms with Crippen molar-refractivity contribution >= 4 is 5.69 Å². The maximum Gasteiger partial charge on any atom is 0.142 e. The van der Waals surface area contributed by atoms with Crippen LogP contribution in [0.2, 0.25) is 0 Å². The van der Waals surface area contributed by atoms with Gasteiger partial charge in [0.2, 0.25) is 0 Å². The van der Waals surface area contributed by atoms with E-state index < -0.39 is 0 Å². The SMILES string of the molecule is CN1CCOc2ccc(C(C)(C)CO)cc21. The molecule has 0 atom stereocenters. The van der Waals surface area contributed by atoms with Gasteiger partial charge in [-0.25, -0.2) is 0 Å². The van der Waals surface area contributed by atoms with E-state index in [-0.39, 0.29) is 12.0 Å². The van der Waals surface area contributed by atoms with Crippen LogP contribution in [0.15, 0.2) is 18.2 Å². The number of benzene rings is 1. The predicted octanol–water partition coefficient (Wildman–Crippen LogP) is 1.79. The van der Waals surface area contributed by atoms with Gasteiger partial charge in [0.05, 0.1) is 18.8 Å². The summed E-state index contributed by atoms with van der Waals surface area (Å²) in [4.78, 5) is 2.19. The van der Waals surface area contributed by atoms with E-state index in [0.29, 0.717) is 0 Å². The van der Waals surface area contributed by atoms with E-state index in [1.54, 1.807) is 0 Å². The normalized spacial score (nSPS) is 15.6. The molecule has 0 saturated heterocycles. The highest BCUT2D eigenvalue weighted by Crippen LogP contribution is 2.35. The standard InChI is InChI=1S/C13H19NO2/c1-13(2,9-15)10-4-5-12-11(8-10)14(3)6-7-16-12/h4-5,8,15H,6-7,9H2,1-3H3. The molecule has 1 heterocycles. The molecule has 0 aliphatic carbocycles. The minimum absolute atomic E-state index is 0.149. The second-order valence-corrected chi connectivity index (χ2v) is 4.99. The molecule has 0 fully saturated rings. The number of anilines is 1. The number of hydrogen-bond donors (Lipinski definition) is 1. The van der Waals surface area contributed by atoms with Crippen LogP contribution in [-0.2, 0) is 5.41 Å². The lowest BCUT2D eigenvalue weighted by molar-refractivity contribution is 0.218. The van der Waals surface area contributed by atoms with Gasteiger partial charge < -0.3 is 14.7 Å². The number of fused-ring (bicyclic) bond motifs is 1. The molecule has 3 nitrogen and oxygen atoms in total. The van der Waals surface area contributed by atoms with Crippen LogP contribution in [0.5, 0.6) is 5.75 Å². The fourth-order valence-electron chi connectivity index (χ4n) is 1.86. The van der Waals surface area contributed by atoms with Gasteiger partial charge in [-0.15, -0.1) is 0 Å². The highest BCUT2D eigenvalue weighted by Gasteiger charge is 2.23. The van der Waals surface area contributed by atoms with E-state index in [1.807, 2.05) is 26.0 Å². The summed E-state index contributed by atoms with van der Waals surface area (Å²) in [5.41, 5.74) is 2.06. The maximum absolute atomic E-state index is 9.37. The van der Waals surface area contributed by atoms with E-state index in [1.165, 1.54) is 0 Å². The van der Waals surface area contributed by atoms with E-state index in [9.17, 15) is 5.11 Å². The lowest BCUT2D eigenvalue weighted by Gasteiger charge is -2.30. The smallest absolute Gasteiger partial charge is 0.142 e. The summed E-state index contributed by atoms with van der Waals surface area (Å²) in [7, 11) is 2.07. The van der Waals surface area contributed by atoms with Gasteiger partial charge in [0.25, 0.3) is 0 Å². The Kier molecular flexibility index (Phi) is 2.80. The third-order valence-electron chi connectivity index (χ3n) is 3.23. The minimum Gasteiger partial charge on any atom is -0.490 e. The molecule has 1 N–H and O–H groups in total. The first-order valence-corrected chi connectivity index (χ1v) is 5.64. The quantitative estimate of drug-likeness (QED) is 0.826. The largest absolute Gasteiger partial charge is 0.490 e. The third kappa shape index (κ3) is 1.87. The second kappa shape index (κ2) is 3.98. The van der Waals surface area contributed by atoms with Crippen molar-refractivity contribution in [1.82, 2.24) is 0 Å². The first-order valence-electron chi connectivity index (χ1n) is 5.64. The van der Waals surface area contributed by atoms with Crippen molar-refractivity contribution < 1.29 is 9.84 Å². The molecule has 1 aliphatic heterocycles. The van der Waals surface area contributed by atoms with Crippen LogP contribution >= 0.6 is 0 Å². The van der Waals surface area contributed by atoms with E-state index >= 15 is 0 Å². The molecule has 1 aromatic rings. The van der Waals surface area contributed by atoms with Gasteiger partial charge in [-0.2, -0.15) is 0 Å². The first-order chi connectivity index (χ1) is 7.54. The van der Waals surface area contributed by atoms with Crippen molar-refractivity contribution in [2.24, 2.45) is 0 Å². The molecule has 0 bridgehead atoms. The van der Waals surface area contributed by atoms with Gasteiger partial charge in [0, 0.05) is 12.5 Å². The van der Waals surface area contributed by atoms with Gasteiger partial charge in [0.1, 0.15) is 12.4 Å². The van der Waals surface area contributed by atoms with Crippen LogP contribution in [-0.4, -0.2) is 31.9 Å². The highest BCUT2D eigenvalue weighted by atomic mass is 16.5. The summed E-state index contributed by atoms with van der Waals surface area (Å²) in [6.07, 6.45) is 0. The Morgan fingerprint density at radius 3 is 2.88 bits per heavy atom. The van der Waals surface area contributed by atoms with Crippen molar-refractivity contribution in [3.05, 3.63) is 23.8 Å². The molecule has 16 heavy (non-hydrogen) atoms. The fourth-order valence-corrected chi connectivity index (χ4v) is 1.86. The Morgan fingerprint density at radius 1 is 1.44 bits per heavy atom. The van der Waals surface area contributed by atoms with Gasteiger partial charge in [0.15, 0.2) is 0 Å². The van der Waals surface area contributed by atoms with Crippen molar-refractivity contribution in [2.75, 3.05) is 31.7 Å². The lowest BCUT2D eigenvalue weighted by atomic mass is 9.85. The number of aliphatic hydroxyl groups excluding tert-OH is 1. The van der Waals surface area contributed by atoms with Gasteiger partial charge in [-0.05, 0) is 17.7 Å².